The third-order valence-corrected chi connectivity index (χ3v) is 7.28. The summed E-state index contributed by atoms with van der Waals surface area (Å²) < 4.78 is 0. The Morgan fingerprint density at radius 1 is 1.06 bits per heavy atom. The zero-order chi connectivity index (χ0) is 22.0. The minimum Gasteiger partial charge on any atom is -0.352 e. The van der Waals surface area contributed by atoms with Crippen LogP contribution in [0.2, 0.25) is 0 Å². The summed E-state index contributed by atoms with van der Waals surface area (Å²) in [6.45, 7) is 13.0. The van der Waals surface area contributed by atoms with Crippen LogP contribution in [0.4, 0.5) is 11.4 Å². The molecule has 4 rings (SSSR count). The van der Waals surface area contributed by atoms with Gasteiger partial charge in [-0.25, -0.2) is 0 Å². The molecule has 2 aliphatic rings. The maximum absolute atomic E-state index is 12.9. The van der Waals surface area contributed by atoms with Gasteiger partial charge in [0.25, 0.3) is 5.91 Å². The number of carbonyl (C=O) groups excluding carboxylic acids is 1. The molecule has 4 nitrogen and oxygen atoms in total. The third kappa shape index (κ3) is 5.27. The highest BCUT2D eigenvalue weighted by atomic mass is 32.2. The first-order valence-electron chi connectivity index (χ1n) is 11.5. The molecule has 2 aromatic carbocycles. The van der Waals surface area contributed by atoms with Gasteiger partial charge in [0, 0.05) is 34.5 Å². The smallest absolute Gasteiger partial charge is 0.251 e. The van der Waals surface area contributed by atoms with Gasteiger partial charge >= 0.3 is 0 Å². The molecule has 0 radical (unpaired) electrons. The number of benzene rings is 2. The monoisotopic (exact) mass is 437 g/mol. The van der Waals surface area contributed by atoms with E-state index in [1.807, 2.05) is 6.07 Å². The number of anilines is 2. The maximum atomic E-state index is 12.9. The minimum atomic E-state index is 0.0167. The van der Waals surface area contributed by atoms with Gasteiger partial charge in [-0.3, -0.25) is 4.79 Å². The van der Waals surface area contributed by atoms with E-state index in [1.54, 1.807) is 11.8 Å². The number of likely N-dealkylation sites (tertiary alicyclic amines) is 1. The fraction of sp³-hybridized carbons (Fsp3) is 0.500. The zero-order valence-electron chi connectivity index (χ0n) is 19.3. The molecule has 0 spiro atoms. The van der Waals surface area contributed by atoms with Crippen LogP contribution in [0.25, 0.3) is 0 Å². The molecule has 1 amide bonds. The first kappa shape index (κ1) is 22.2. The molecule has 1 fully saturated rings. The fourth-order valence-electron chi connectivity index (χ4n) is 4.47. The van der Waals surface area contributed by atoms with Crippen molar-refractivity contribution in [2.24, 2.45) is 5.41 Å². The number of amides is 1. The number of rotatable bonds is 6. The minimum absolute atomic E-state index is 0.0167. The molecule has 166 valence electrons. The van der Waals surface area contributed by atoms with Crippen LogP contribution in [0.1, 0.15) is 57.3 Å². The highest BCUT2D eigenvalue weighted by molar-refractivity contribution is 7.99. The van der Waals surface area contributed by atoms with Gasteiger partial charge in [-0.05, 0) is 75.0 Å². The van der Waals surface area contributed by atoms with Crippen molar-refractivity contribution in [2.75, 3.05) is 31.1 Å². The Bertz CT molecular complexity index is 930. The second-order valence-electron chi connectivity index (χ2n) is 10.0. The topological polar surface area (TPSA) is 35.6 Å². The zero-order valence-corrected chi connectivity index (χ0v) is 20.1. The molecule has 0 aliphatic carbocycles. The Hall–Kier alpha value is -1.98. The predicted molar refractivity (Wildman–Crippen MR) is 131 cm³/mol. The molecule has 1 atom stereocenters. The summed E-state index contributed by atoms with van der Waals surface area (Å²) >= 11 is 1.80. The third-order valence-electron chi connectivity index (χ3n) is 6.15. The number of nitrogens with zero attached hydrogens (tertiary/aromatic N) is 2. The molecule has 1 N–H and O–H groups in total. The molecule has 0 bridgehead atoms. The first-order valence-corrected chi connectivity index (χ1v) is 12.3. The Morgan fingerprint density at radius 3 is 2.52 bits per heavy atom. The lowest BCUT2D eigenvalue weighted by atomic mass is 9.92. The Morgan fingerprint density at radius 2 is 1.77 bits per heavy atom. The van der Waals surface area contributed by atoms with Crippen LogP contribution in [-0.4, -0.2) is 43.0 Å². The van der Waals surface area contributed by atoms with Crippen LogP contribution >= 0.6 is 11.8 Å². The highest BCUT2D eigenvalue weighted by Crippen LogP contribution is 2.49. The van der Waals surface area contributed by atoms with E-state index in [1.165, 1.54) is 41.4 Å². The van der Waals surface area contributed by atoms with Crippen LogP contribution in [0, 0.1) is 5.41 Å². The van der Waals surface area contributed by atoms with E-state index in [0.717, 1.165) is 24.2 Å². The van der Waals surface area contributed by atoms with E-state index in [9.17, 15) is 4.79 Å². The summed E-state index contributed by atoms with van der Waals surface area (Å²) in [5, 5.41) is 3.11. The molecule has 2 aliphatic heterocycles. The van der Waals surface area contributed by atoms with Gasteiger partial charge in [0.05, 0.1) is 11.4 Å². The molecule has 1 unspecified atom stereocenters. The molecule has 2 aromatic rings. The van der Waals surface area contributed by atoms with Gasteiger partial charge in [0.1, 0.15) is 0 Å². The van der Waals surface area contributed by atoms with E-state index in [0.29, 0.717) is 12.6 Å². The number of nitrogens with one attached hydrogen (secondary N) is 1. The van der Waals surface area contributed by atoms with Crippen LogP contribution < -0.4 is 10.2 Å². The van der Waals surface area contributed by atoms with E-state index >= 15 is 0 Å². The number of fused-ring (bicyclic) bond motifs is 2. The average Bonchev–Trinajstić information content (AvgIpc) is 3.23. The molecule has 0 saturated carbocycles. The molecular weight excluding hydrogens is 402 g/mol. The van der Waals surface area contributed by atoms with Crippen LogP contribution in [-0.2, 0) is 0 Å². The van der Waals surface area contributed by atoms with E-state index in [4.69, 9.17) is 0 Å². The van der Waals surface area contributed by atoms with Gasteiger partial charge in [0.2, 0.25) is 0 Å². The predicted octanol–water partition coefficient (Wildman–Crippen LogP) is 5.94. The standard InChI is InChI=1S/C26H35N3OS/c1-19(18-28-15-7-8-16-28)29-21-9-5-6-10-23(21)31-24-12-11-20(17-22(24)29)25(30)27-14-13-26(2,3)4/h5-6,9-12,17,19H,7-8,13-16,18H2,1-4H3,(H,27,30). The number of hydrogen-bond donors (Lipinski definition) is 1. The van der Waals surface area contributed by atoms with Crippen molar-refractivity contribution in [3.63, 3.8) is 0 Å². The quantitative estimate of drug-likeness (QED) is 0.607. The lowest BCUT2D eigenvalue weighted by Gasteiger charge is -2.39. The van der Waals surface area contributed by atoms with E-state index in [-0.39, 0.29) is 11.3 Å². The molecule has 2 heterocycles. The SMILES string of the molecule is CC(CN1CCCC1)N1c2ccccc2Sc2ccc(C(=O)NCCC(C)(C)C)cc21. The van der Waals surface area contributed by atoms with Gasteiger partial charge < -0.3 is 15.1 Å². The van der Waals surface area contributed by atoms with Crippen molar-refractivity contribution in [2.45, 2.75) is 62.8 Å². The summed E-state index contributed by atoms with van der Waals surface area (Å²) in [5.41, 5.74) is 3.35. The van der Waals surface area contributed by atoms with Crippen molar-refractivity contribution in [1.29, 1.82) is 0 Å². The molecular formula is C26H35N3OS. The van der Waals surface area contributed by atoms with Crippen LogP contribution in [0.3, 0.4) is 0 Å². The average molecular weight is 438 g/mol. The molecule has 5 heteroatoms. The van der Waals surface area contributed by atoms with Gasteiger partial charge in [-0.15, -0.1) is 0 Å². The van der Waals surface area contributed by atoms with Gasteiger partial charge in [-0.1, -0.05) is 44.7 Å². The highest BCUT2D eigenvalue weighted by Gasteiger charge is 2.29. The molecule has 0 aromatic heterocycles. The lowest BCUT2D eigenvalue weighted by Crippen LogP contribution is -2.40. The molecule has 31 heavy (non-hydrogen) atoms. The summed E-state index contributed by atoms with van der Waals surface area (Å²) in [6.07, 6.45) is 3.56. The van der Waals surface area contributed by atoms with E-state index < -0.39 is 0 Å². The largest absolute Gasteiger partial charge is 0.352 e. The van der Waals surface area contributed by atoms with Gasteiger partial charge in [-0.2, -0.15) is 0 Å². The van der Waals surface area contributed by atoms with Crippen molar-refractivity contribution in [3.8, 4) is 0 Å². The second kappa shape index (κ2) is 9.25. The number of para-hydroxylation sites is 1. The van der Waals surface area contributed by atoms with Crippen molar-refractivity contribution >= 4 is 29.0 Å². The second-order valence-corrected chi connectivity index (χ2v) is 11.1. The number of carbonyl (C=O) groups is 1. The van der Waals surface area contributed by atoms with Crippen molar-refractivity contribution < 1.29 is 4.79 Å². The van der Waals surface area contributed by atoms with Crippen molar-refractivity contribution in [3.05, 3.63) is 48.0 Å². The lowest BCUT2D eigenvalue weighted by molar-refractivity contribution is 0.0949. The van der Waals surface area contributed by atoms with E-state index in [2.05, 4.69) is 79.2 Å². The van der Waals surface area contributed by atoms with Crippen LogP contribution in [0.15, 0.2) is 52.3 Å². The fourth-order valence-corrected chi connectivity index (χ4v) is 5.52. The summed E-state index contributed by atoms with van der Waals surface area (Å²) in [5.74, 6) is 0.0167. The Kier molecular flexibility index (Phi) is 6.63. The Labute approximate surface area is 191 Å². The normalized spacial score (nSPS) is 17.2. The van der Waals surface area contributed by atoms with Crippen LogP contribution in [0.5, 0.6) is 0 Å². The first-order chi connectivity index (χ1) is 14.8. The number of hydrogen-bond acceptors (Lipinski definition) is 4. The summed E-state index contributed by atoms with van der Waals surface area (Å²) in [7, 11) is 0. The summed E-state index contributed by atoms with van der Waals surface area (Å²) in [4.78, 5) is 20.4. The maximum Gasteiger partial charge on any atom is 0.251 e. The van der Waals surface area contributed by atoms with Gasteiger partial charge in [0.15, 0.2) is 0 Å². The summed E-state index contributed by atoms with van der Waals surface area (Å²) in [6, 6.07) is 15.1. The molecule has 1 saturated heterocycles. The Balaban J connectivity index is 1.60. The van der Waals surface area contributed by atoms with Crippen molar-refractivity contribution in [1.82, 2.24) is 10.2 Å².